The number of piperidine rings is 1. The number of rotatable bonds is 3. The fourth-order valence-corrected chi connectivity index (χ4v) is 4.25. The SMILES string of the molecule is O=C(c1ccccc1F)N1CCC[C@H](C(=O)N2CCN(c3ccccc3)CC2)C1. The van der Waals surface area contributed by atoms with E-state index in [1.807, 2.05) is 23.1 Å². The molecule has 0 aromatic heterocycles. The van der Waals surface area contributed by atoms with E-state index in [0.717, 1.165) is 25.9 Å². The van der Waals surface area contributed by atoms with E-state index in [4.69, 9.17) is 0 Å². The Hall–Kier alpha value is -2.89. The molecule has 0 aliphatic carbocycles. The van der Waals surface area contributed by atoms with Gasteiger partial charge >= 0.3 is 0 Å². The Kier molecular flexibility index (Phi) is 5.79. The van der Waals surface area contributed by atoms with Gasteiger partial charge in [-0.2, -0.15) is 0 Å². The molecule has 2 aromatic carbocycles. The second kappa shape index (κ2) is 8.64. The van der Waals surface area contributed by atoms with Crippen LogP contribution in [0.25, 0.3) is 0 Å². The number of para-hydroxylation sites is 1. The highest BCUT2D eigenvalue weighted by atomic mass is 19.1. The van der Waals surface area contributed by atoms with E-state index in [-0.39, 0.29) is 23.3 Å². The molecular weight excluding hydrogens is 369 g/mol. The molecule has 0 unspecified atom stereocenters. The van der Waals surface area contributed by atoms with Crippen molar-refractivity contribution in [1.82, 2.24) is 9.80 Å². The van der Waals surface area contributed by atoms with Crippen LogP contribution >= 0.6 is 0 Å². The zero-order valence-corrected chi connectivity index (χ0v) is 16.5. The molecule has 2 aliphatic rings. The van der Waals surface area contributed by atoms with Gasteiger partial charge in [-0.25, -0.2) is 4.39 Å². The Balaban J connectivity index is 1.36. The van der Waals surface area contributed by atoms with Crippen molar-refractivity contribution in [3.05, 3.63) is 66.0 Å². The van der Waals surface area contributed by atoms with Crippen LogP contribution < -0.4 is 4.90 Å². The van der Waals surface area contributed by atoms with E-state index < -0.39 is 5.82 Å². The van der Waals surface area contributed by atoms with Crippen molar-refractivity contribution in [2.45, 2.75) is 12.8 Å². The minimum atomic E-state index is -0.511. The molecule has 2 fully saturated rings. The average molecular weight is 395 g/mol. The first kappa shape index (κ1) is 19.4. The summed E-state index contributed by atoms with van der Waals surface area (Å²) in [6.07, 6.45) is 1.54. The molecule has 0 radical (unpaired) electrons. The first-order valence-electron chi connectivity index (χ1n) is 10.3. The summed E-state index contributed by atoms with van der Waals surface area (Å²) in [5.74, 6) is -0.927. The first-order chi connectivity index (χ1) is 14.1. The third-order valence-electron chi connectivity index (χ3n) is 5.87. The molecule has 29 heavy (non-hydrogen) atoms. The summed E-state index contributed by atoms with van der Waals surface area (Å²) in [5, 5.41) is 0. The lowest BCUT2D eigenvalue weighted by molar-refractivity contribution is -0.137. The number of hydrogen-bond donors (Lipinski definition) is 0. The predicted octanol–water partition coefficient (Wildman–Crippen LogP) is 3.03. The second-order valence-electron chi connectivity index (χ2n) is 7.72. The number of anilines is 1. The highest BCUT2D eigenvalue weighted by molar-refractivity contribution is 5.95. The van der Waals surface area contributed by atoms with Crippen molar-refractivity contribution >= 4 is 17.5 Å². The molecule has 2 saturated heterocycles. The molecule has 6 heteroatoms. The number of piperazine rings is 1. The van der Waals surface area contributed by atoms with Crippen LogP contribution in [0.1, 0.15) is 23.2 Å². The second-order valence-corrected chi connectivity index (χ2v) is 7.72. The summed E-state index contributed by atoms with van der Waals surface area (Å²) in [6.45, 7) is 3.92. The molecule has 0 saturated carbocycles. The van der Waals surface area contributed by atoms with Crippen LogP contribution in [0.5, 0.6) is 0 Å². The fraction of sp³-hybridized carbons (Fsp3) is 0.391. The minimum absolute atomic E-state index is 0.0806. The topological polar surface area (TPSA) is 43.9 Å². The monoisotopic (exact) mass is 395 g/mol. The van der Waals surface area contributed by atoms with Gasteiger partial charge in [0.15, 0.2) is 0 Å². The molecule has 152 valence electrons. The summed E-state index contributed by atoms with van der Waals surface area (Å²) < 4.78 is 14.0. The molecule has 1 atom stereocenters. The number of hydrogen-bond acceptors (Lipinski definition) is 3. The van der Waals surface area contributed by atoms with Crippen molar-refractivity contribution in [1.29, 1.82) is 0 Å². The molecule has 4 rings (SSSR count). The van der Waals surface area contributed by atoms with Gasteiger partial charge in [0.1, 0.15) is 5.82 Å². The molecule has 2 amide bonds. The lowest BCUT2D eigenvalue weighted by atomic mass is 9.95. The van der Waals surface area contributed by atoms with Crippen molar-refractivity contribution in [2.75, 3.05) is 44.2 Å². The van der Waals surface area contributed by atoms with E-state index in [2.05, 4.69) is 17.0 Å². The van der Waals surface area contributed by atoms with E-state index in [1.165, 1.54) is 17.8 Å². The van der Waals surface area contributed by atoms with E-state index in [1.54, 1.807) is 17.0 Å². The molecule has 5 nitrogen and oxygen atoms in total. The van der Waals surface area contributed by atoms with Crippen molar-refractivity contribution < 1.29 is 14.0 Å². The van der Waals surface area contributed by atoms with Gasteiger partial charge in [0.2, 0.25) is 5.91 Å². The molecule has 2 heterocycles. The van der Waals surface area contributed by atoms with Crippen LogP contribution in [-0.2, 0) is 4.79 Å². The summed E-state index contributed by atoms with van der Waals surface area (Å²) in [7, 11) is 0. The van der Waals surface area contributed by atoms with Crippen LogP contribution in [0.2, 0.25) is 0 Å². The quantitative estimate of drug-likeness (QED) is 0.803. The van der Waals surface area contributed by atoms with Gasteiger partial charge in [-0.15, -0.1) is 0 Å². The van der Waals surface area contributed by atoms with Gasteiger partial charge in [0, 0.05) is 45.0 Å². The summed E-state index contributed by atoms with van der Waals surface area (Å²) >= 11 is 0. The zero-order chi connectivity index (χ0) is 20.2. The Morgan fingerprint density at radius 2 is 1.52 bits per heavy atom. The number of halogens is 1. The maximum atomic E-state index is 14.0. The number of carbonyl (C=O) groups is 2. The van der Waals surface area contributed by atoms with Gasteiger partial charge in [-0.05, 0) is 37.1 Å². The van der Waals surface area contributed by atoms with E-state index >= 15 is 0 Å². The highest BCUT2D eigenvalue weighted by Crippen LogP contribution is 2.23. The molecule has 0 spiro atoms. The minimum Gasteiger partial charge on any atom is -0.368 e. The van der Waals surface area contributed by atoms with Crippen LogP contribution in [-0.4, -0.2) is 60.9 Å². The van der Waals surface area contributed by atoms with Crippen LogP contribution in [0.15, 0.2) is 54.6 Å². The predicted molar refractivity (Wildman–Crippen MR) is 110 cm³/mol. The maximum Gasteiger partial charge on any atom is 0.256 e. The number of likely N-dealkylation sites (tertiary alicyclic amines) is 1. The number of nitrogens with zero attached hydrogens (tertiary/aromatic N) is 3. The smallest absolute Gasteiger partial charge is 0.256 e. The Morgan fingerprint density at radius 1 is 0.828 bits per heavy atom. The Labute approximate surface area is 170 Å². The van der Waals surface area contributed by atoms with Crippen LogP contribution in [0.3, 0.4) is 0 Å². The van der Waals surface area contributed by atoms with E-state index in [9.17, 15) is 14.0 Å². The summed E-state index contributed by atoms with van der Waals surface area (Å²) in [5.41, 5.74) is 1.26. The number of carbonyl (C=O) groups excluding carboxylic acids is 2. The standard InChI is InChI=1S/C23H26FN3O2/c24-21-11-5-4-10-20(21)23(29)27-12-6-7-18(17-27)22(28)26-15-13-25(14-16-26)19-8-2-1-3-9-19/h1-5,8-11,18H,6-7,12-17H2/t18-/m0/s1. The molecular formula is C23H26FN3O2. The molecule has 0 N–H and O–H groups in total. The molecule has 0 bridgehead atoms. The first-order valence-corrected chi connectivity index (χ1v) is 10.3. The average Bonchev–Trinajstić information content (AvgIpc) is 2.79. The third-order valence-corrected chi connectivity index (χ3v) is 5.87. The number of benzene rings is 2. The lowest BCUT2D eigenvalue weighted by Gasteiger charge is -2.39. The third kappa shape index (κ3) is 4.26. The normalized spacial score (nSPS) is 19.9. The summed E-state index contributed by atoms with van der Waals surface area (Å²) in [6, 6.07) is 16.3. The summed E-state index contributed by atoms with van der Waals surface area (Å²) in [4.78, 5) is 31.6. The van der Waals surface area contributed by atoms with Crippen LogP contribution in [0, 0.1) is 11.7 Å². The number of amides is 2. The maximum absolute atomic E-state index is 14.0. The molecule has 2 aromatic rings. The van der Waals surface area contributed by atoms with Crippen molar-refractivity contribution in [2.24, 2.45) is 5.92 Å². The molecule has 2 aliphatic heterocycles. The van der Waals surface area contributed by atoms with Gasteiger partial charge in [0.25, 0.3) is 5.91 Å². The lowest BCUT2D eigenvalue weighted by Crippen LogP contribution is -2.53. The highest BCUT2D eigenvalue weighted by Gasteiger charge is 2.33. The van der Waals surface area contributed by atoms with E-state index in [0.29, 0.717) is 26.2 Å². The van der Waals surface area contributed by atoms with Gasteiger partial charge in [-0.3, -0.25) is 9.59 Å². The zero-order valence-electron chi connectivity index (χ0n) is 16.5. The van der Waals surface area contributed by atoms with Gasteiger partial charge in [-0.1, -0.05) is 30.3 Å². The van der Waals surface area contributed by atoms with Crippen LogP contribution in [0.4, 0.5) is 10.1 Å². The van der Waals surface area contributed by atoms with Crippen molar-refractivity contribution in [3.8, 4) is 0 Å². The Bertz CT molecular complexity index is 865. The Morgan fingerprint density at radius 3 is 2.24 bits per heavy atom. The fourth-order valence-electron chi connectivity index (χ4n) is 4.25. The van der Waals surface area contributed by atoms with Gasteiger partial charge in [0.05, 0.1) is 11.5 Å². The van der Waals surface area contributed by atoms with Gasteiger partial charge < -0.3 is 14.7 Å². The largest absolute Gasteiger partial charge is 0.368 e. The van der Waals surface area contributed by atoms with Crippen molar-refractivity contribution in [3.63, 3.8) is 0 Å².